The molecule has 1 amide bonds. The third-order valence-electron chi connectivity index (χ3n) is 4.81. The number of aromatic nitrogens is 4. The predicted octanol–water partition coefficient (Wildman–Crippen LogP) is 3.98. The molecule has 9 heteroatoms. The zero-order valence-corrected chi connectivity index (χ0v) is 17.9. The Balaban J connectivity index is 1.49. The van der Waals surface area contributed by atoms with Gasteiger partial charge >= 0.3 is 5.97 Å². The fraction of sp³-hybridized carbons (Fsp3) is 0.182. The molecule has 0 aliphatic carbocycles. The van der Waals surface area contributed by atoms with Gasteiger partial charge in [-0.1, -0.05) is 37.3 Å². The van der Waals surface area contributed by atoms with Gasteiger partial charge in [-0.3, -0.25) is 14.8 Å². The first-order valence-corrected chi connectivity index (χ1v) is 10.6. The minimum absolute atomic E-state index is 0.249. The van der Waals surface area contributed by atoms with E-state index in [0.29, 0.717) is 35.0 Å². The SMILES string of the molecule is CCc1c(C(=O)Nc2nc(-c3c[nH]c(C(=O)OC)c3)cs2)cnn1Cc1ccccc1. The number of anilines is 1. The molecular formula is C22H21N5O3S. The molecule has 0 spiro atoms. The van der Waals surface area contributed by atoms with Crippen LogP contribution >= 0.6 is 11.3 Å². The zero-order chi connectivity index (χ0) is 21.8. The summed E-state index contributed by atoms with van der Waals surface area (Å²) in [5.41, 5.74) is 4.25. The summed E-state index contributed by atoms with van der Waals surface area (Å²) < 4.78 is 6.55. The van der Waals surface area contributed by atoms with Crippen molar-refractivity contribution in [1.82, 2.24) is 19.7 Å². The van der Waals surface area contributed by atoms with Crippen molar-refractivity contribution in [3.8, 4) is 11.3 Å². The molecule has 4 aromatic rings. The number of benzene rings is 1. The highest BCUT2D eigenvalue weighted by Gasteiger charge is 2.18. The summed E-state index contributed by atoms with van der Waals surface area (Å²) >= 11 is 1.31. The number of ether oxygens (including phenoxy) is 1. The molecule has 0 saturated heterocycles. The number of carbonyl (C=O) groups excluding carboxylic acids is 2. The van der Waals surface area contributed by atoms with Crippen molar-refractivity contribution in [2.24, 2.45) is 0 Å². The van der Waals surface area contributed by atoms with Gasteiger partial charge in [-0.25, -0.2) is 9.78 Å². The molecule has 2 N–H and O–H groups in total. The summed E-state index contributed by atoms with van der Waals surface area (Å²) in [5.74, 6) is -0.698. The molecule has 0 radical (unpaired) electrons. The maximum Gasteiger partial charge on any atom is 0.354 e. The van der Waals surface area contributed by atoms with Crippen LogP contribution in [-0.4, -0.2) is 38.7 Å². The second-order valence-electron chi connectivity index (χ2n) is 6.79. The molecule has 0 atom stereocenters. The lowest BCUT2D eigenvalue weighted by Crippen LogP contribution is -2.15. The summed E-state index contributed by atoms with van der Waals surface area (Å²) in [5, 5.41) is 9.56. The Hall–Kier alpha value is -3.72. The van der Waals surface area contributed by atoms with Gasteiger partial charge < -0.3 is 9.72 Å². The van der Waals surface area contributed by atoms with E-state index in [1.807, 2.05) is 47.3 Å². The van der Waals surface area contributed by atoms with Crippen LogP contribution < -0.4 is 5.32 Å². The number of methoxy groups -OCH3 is 1. The van der Waals surface area contributed by atoms with Gasteiger partial charge in [0.15, 0.2) is 5.13 Å². The van der Waals surface area contributed by atoms with Gasteiger partial charge in [0.2, 0.25) is 0 Å². The molecule has 1 aromatic carbocycles. The average molecular weight is 436 g/mol. The van der Waals surface area contributed by atoms with Gasteiger partial charge in [0.05, 0.1) is 36.8 Å². The monoisotopic (exact) mass is 435 g/mol. The highest BCUT2D eigenvalue weighted by Crippen LogP contribution is 2.26. The quantitative estimate of drug-likeness (QED) is 0.428. The number of amides is 1. The van der Waals surface area contributed by atoms with E-state index in [1.165, 1.54) is 18.4 Å². The maximum absolute atomic E-state index is 12.9. The number of nitrogens with one attached hydrogen (secondary N) is 2. The van der Waals surface area contributed by atoms with Crippen molar-refractivity contribution in [2.45, 2.75) is 19.9 Å². The fourth-order valence-corrected chi connectivity index (χ4v) is 3.98. The van der Waals surface area contributed by atoms with Crippen LogP contribution in [0.4, 0.5) is 5.13 Å². The van der Waals surface area contributed by atoms with Gasteiger partial charge in [0, 0.05) is 17.1 Å². The number of aromatic amines is 1. The van der Waals surface area contributed by atoms with E-state index >= 15 is 0 Å². The van der Waals surface area contributed by atoms with E-state index < -0.39 is 5.97 Å². The molecule has 0 bridgehead atoms. The van der Waals surface area contributed by atoms with Crippen molar-refractivity contribution in [3.05, 3.63) is 76.7 Å². The van der Waals surface area contributed by atoms with Crippen molar-refractivity contribution in [1.29, 1.82) is 0 Å². The standard InChI is InChI=1S/C22H21N5O3S/c1-3-19-16(11-24-27(19)12-14-7-5-4-6-8-14)20(28)26-22-25-18(13-31-22)15-9-17(23-10-15)21(29)30-2/h4-11,13,23H,3,12H2,1-2H3,(H,25,26,28). The Morgan fingerprint density at radius 1 is 1.26 bits per heavy atom. The first-order valence-electron chi connectivity index (χ1n) is 9.71. The highest BCUT2D eigenvalue weighted by atomic mass is 32.1. The number of H-pyrrole nitrogens is 1. The Labute approximate surface area is 182 Å². The van der Waals surface area contributed by atoms with Gasteiger partial charge in [-0.05, 0) is 18.1 Å². The Morgan fingerprint density at radius 3 is 2.81 bits per heavy atom. The Bertz CT molecular complexity index is 1210. The Kier molecular flexibility index (Phi) is 5.94. The molecule has 4 rings (SSSR count). The second kappa shape index (κ2) is 8.97. The van der Waals surface area contributed by atoms with E-state index in [1.54, 1.807) is 18.5 Å². The van der Waals surface area contributed by atoms with Crippen LogP contribution in [0.25, 0.3) is 11.3 Å². The molecule has 0 aliphatic rings. The third-order valence-corrected chi connectivity index (χ3v) is 5.57. The first-order chi connectivity index (χ1) is 15.1. The molecule has 0 unspecified atom stereocenters. The van der Waals surface area contributed by atoms with Gasteiger partial charge in [-0.2, -0.15) is 5.10 Å². The molecule has 158 valence electrons. The van der Waals surface area contributed by atoms with Crippen LogP contribution in [-0.2, 0) is 17.7 Å². The third kappa shape index (κ3) is 4.41. The molecule has 31 heavy (non-hydrogen) atoms. The minimum atomic E-state index is -0.449. The Morgan fingerprint density at radius 2 is 2.06 bits per heavy atom. The number of carbonyl (C=O) groups is 2. The lowest BCUT2D eigenvalue weighted by atomic mass is 10.2. The van der Waals surface area contributed by atoms with E-state index in [0.717, 1.165) is 16.8 Å². The molecule has 0 aliphatic heterocycles. The molecule has 3 heterocycles. The summed E-state index contributed by atoms with van der Waals surface area (Å²) in [6.45, 7) is 2.61. The van der Waals surface area contributed by atoms with Crippen molar-refractivity contribution in [2.75, 3.05) is 12.4 Å². The predicted molar refractivity (Wildman–Crippen MR) is 118 cm³/mol. The molecule has 8 nitrogen and oxygen atoms in total. The summed E-state index contributed by atoms with van der Waals surface area (Å²) in [4.78, 5) is 31.8. The van der Waals surface area contributed by atoms with Crippen LogP contribution in [0.15, 0.2) is 54.2 Å². The van der Waals surface area contributed by atoms with Crippen LogP contribution in [0.3, 0.4) is 0 Å². The highest BCUT2D eigenvalue weighted by molar-refractivity contribution is 7.14. The lowest BCUT2D eigenvalue weighted by molar-refractivity contribution is 0.0594. The molecular weight excluding hydrogens is 414 g/mol. The molecule has 0 saturated carbocycles. The van der Waals surface area contributed by atoms with Crippen molar-refractivity contribution >= 4 is 28.3 Å². The van der Waals surface area contributed by atoms with E-state index in [2.05, 4.69) is 20.4 Å². The number of hydrogen-bond donors (Lipinski definition) is 2. The number of hydrogen-bond acceptors (Lipinski definition) is 6. The fourth-order valence-electron chi connectivity index (χ4n) is 3.26. The van der Waals surface area contributed by atoms with Crippen LogP contribution in [0.2, 0.25) is 0 Å². The second-order valence-corrected chi connectivity index (χ2v) is 7.65. The topological polar surface area (TPSA) is 102 Å². The smallest absolute Gasteiger partial charge is 0.354 e. The lowest BCUT2D eigenvalue weighted by Gasteiger charge is -2.08. The van der Waals surface area contributed by atoms with E-state index in [4.69, 9.17) is 4.74 Å². The number of thiazole rings is 1. The van der Waals surface area contributed by atoms with Gasteiger partial charge in [0.1, 0.15) is 5.69 Å². The average Bonchev–Trinajstić information content (AvgIpc) is 3.53. The zero-order valence-electron chi connectivity index (χ0n) is 17.1. The van der Waals surface area contributed by atoms with Crippen molar-refractivity contribution < 1.29 is 14.3 Å². The maximum atomic E-state index is 12.9. The normalized spacial score (nSPS) is 10.8. The van der Waals surface area contributed by atoms with E-state index in [-0.39, 0.29) is 5.91 Å². The van der Waals surface area contributed by atoms with Crippen LogP contribution in [0.1, 0.15) is 39.0 Å². The van der Waals surface area contributed by atoms with Gasteiger partial charge in [-0.15, -0.1) is 11.3 Å². The minimum Gasteiger partial charge on any atom is -0.464 e. The van der Waals surface area contributed by atoms with Crippen molar-refractivity contribution in [3.63, 3.8) is 0 Å². The summed E-state index contributed by atoms with van der Waals surface area (Å²) in [6, 6.07) is 11.7. The van der Waals surface area contributed by atoms with Crippen LogP contribution in [0, 0.1) is 0 Å². The van der Waals surface area contributed by atoms with Crippen LogP contribution in [0.5, 0.6) is 0 Å². The first kappa shape index (κ1) is 20.5. The number of nitrogens with zero attached hydrogens (tertiary/aromatic N) is 3. The number of rotatable bonds is 7. The largest absolute Gasteiger partial charge is 0.464 e. The summed E-state index contributed by atoms with van der Waals surface area (Å²) in [6.07, 6.45) is 3.95. The molecule has 0 fully saturated rings. The number of esters is 1. The molecule has 3 aromatic heterocycles. The summed E-state index contributed by atoms with van der Waals surface area (Å²) in [7, 11) is 1.33. The van der Waals surface area contributed by atoms with E-state index in [9.17, 15) is 9.59 Å². The van der Waals surface area contributed by atoms with Gasteiger partial charge in [0.25, 0.3) is 5.91 Å².